The molecule has 4 heteroatoms. The summed E-state index contributed by atoms with van der Waals surface area (Å²) >= 11 is 0. The first-order valence-corrected chi connectivity index (χ1v) is 4.75. The van der Waals surface area contributed by atoms with Crippen LogP contribution in [0.3, 0.4) is 0 Å². The Hall–Kier alpha value is -0.610. The fourth-order valence-corrected chi connectivity index (χ4v) is 1.06. The number of rotatable bonds is 4. The van der Waals surface area contributed by atoms with Crippen molar-refractivity contribution in [2.45, 2.75) is 38.9 Å². The fourth-order valence-electron chi connectivity index (χ4n) is 1.06. The van der Waals surface area contributed by atoms with E-state index in [0.29, 0.717) is 6.54 Å². The van der Waals surface area contributed by atoms with E-state index in [-0.39, 0.29) is 12.4 Å². The Morgan fingerprint density at radius 2 is 1.93 bits per heavy atom. The van der Waals surface area contributed by atoms with Crippen LogP contribution in [0.2, 0.25) is 0 Å². The van der Waals surface area contributed by atoms with Gasteiger partial charge in [-0.1, -0.05) is 0 Å². The summed E-state index contributed by atoms with van der Waals surface area (Å²) in [7, 11) is 3.69. The highest BCUT2D eigenvalue weighted by Crippen LogP contribution is 2.09. The number of ether oxygens (including phenoxy) is 1. The Kier molecular flexibility index (Phi) is 5.08. The summed E-state index contributed by atoms with van der Waals surface area (Å²) in [6, 6.07) is 0. The third-order valence-electron chi connectivity index (χ3n) is 1.40. The number of carbonyl (C=O) groups is 1. The number of hydrogen-bond acceptors (Lipinski definition) is 4. The lowest BCUT2D eigenvalue weighted by atomic mass is 10.2. The van der Waals surface area contributed by atoms with Gasteiger partial charge in [0.2, 0.25) is 0 Å². The molecule has 0 saturated carbocycles. The minimum absolute atomic E-state index is 0.0510. The van der Waals surface area contributed by atoms with Crippen molar-refractivity contribution in [3.8, 4) is 0 Å². The molecular weight excluding hydrogens is 182 g/mol. The second kappa shape index (κ2) is 5.32. The summed E-state index contributed by atoms with van der Waals surface area (Å²) in [5.74, 6) is -0.355. The molecule has 1 N–H and O–H groups in total. The van der Waals surface area contributed by atoms with Crippen LogP contribution in [0.4, 0.5) is 0 Å². The number of aliphatic hydroxyl groups is 1. The first-order valence-electron chi connectivity index (χ1n) is 4.75. The van der Waals surface area contributed by atoms with Gasteiger partial charge in [0.15, 0.2) is 0 Å². The van der Waals surface area contributed by atoms with Crippen molar-refractivity contribution in [2.75, 3.05) is 20.6 Å². The van der Waals surface area contributed by atoms with E-state index < -0.39 is 11.7 Å². The molecule has 0 aromatic carbocycles. The Labute approximate surface area is 85.9 Å². The first-order chi connectivity index (χ1) is 6.20. The smallest absolute Gasteiger partial charge is 0.308 e. The molecule has 0 aromatic rings. The van der Waals surface area contributed by atoms with Crippen LogP contribution in [-0.4, -0.2) is 48.3 Å². The number of aliphatic hydroxyl groups excluding tert-OH is 1. The second-order valence-electron chi connectivity index (χ2n) is 4.71. The quantitative estimate of drug-likeness (QED) is 0.681. The maximum Gasteiger partial charge on any atom is 0.308 e. The first kappa shape index (κ1) is 13.4. The van der Waals surface area contributed by atoms with Gasteiger partial charge in [0.05, 0.1) is 12.5 Å². The van der Waals surface area contributed by atoms with Gasteiger partial charge in [-0.25, -0.2) is 0 Å². The molecule has 1 atom stereocenters. The third-order valence-corrected chi connectivity index (χ3v) is 1.40. The summed E-state index contributed by atoms with van der Waals surface area (Å²) in [5, 5.41) is 9.44. The van der Waals surface area contributed by atoms with Gasteiger partial charge < -0.3 is 14.7 Å². The van der Waals surface area contributed by atoms with E-state index in [1.807, 2.05) is 39.8 Å². The van der Waals surface area contributed by atoms with Crippen LogP contribution >= 0.6 is 0 Å². The van der Waals surface area contributed by atoms with Crippen molar-refractivity contribution < 1.29 is 14.6 Å². The normalized spacial score (nSPS) is 14.2. The molecule has 0 aliphatic rings. The predicted octanol–water partition coefficient (Wildman–Crippen LogP) is 0.641. The molecule has 0 rings (SSSR count). The zero-order valence-electron chi connectivity index (χ0n) is 9.70. The van der Waals surface area contributed by atoms with Crippen molar-refractivity contribution in [1.29, 1.82) is 0 Å². The Morgan fingerprint density at radius 1 is 1.43 bits per heavy atom. The second-order valence-corrected chi connectivity index (χ2v) is 4.71. The molecule has 0 amide bonds. The SMILES string of the molecule is CN(C)C[C@H](O)CC(=O)OC(C)(C)C. The van der Waals surface area contributed by atoms with E-state index in [2.05, 4.69) is 0 Å². The highest BCUT2D eigenvalue weighted by molar-refractivity contribution is 5.70. The van der Waals surface area contributed by atoms with Gasteiger partial charge in [0.25, 0.3) is 0 Å². The number of hydrogen-bond donors (Lipinski definition) is 1. The molecule has 0 radical (unpaired) electrons. The van der Waals surface area contributed by atoms with Gasteiger partial charge >= 0.3 is 5.97 Å². The summed E-state index contributed by atoms with van der Waals surface area (Å²) in [5.41, 5.74) is -0.477. The molecule has 0 bridgehead atoms. The molecule has 0 aliphatic heterocycles. The van der Waals surface area contributed by atoms with Gasteiger partial charge in [-0.2, -0.15) is 0 Å². The average Bonchev–Trinajstić information content (AvgIpc) is 1.77. The number of nitrogens with zero attached hydrogens (tertiary/aromatic N) is 1. The standard InChI is InChI=1S/C10H21NO3/c1-10(2,3)14-9(13)6-8(12)7-11(4)5/h8,12H,6-7H2,1-5H3/t8-/m1/s1. The summed E-state index contributed by atoms with van der Waals surface area (Å²) < 4.78 is 5.07. The maximum atomic E-state index is 11.2. The lowest BCUT2D eigenvalue weighted by molar-refractivity contribution is -0.157. The van der Waals surface area contributed by atoms with Gasteiger partial charge in [-0.05, 0) is 34.9 Å². The topological polar surface area (TPSA) is 49.8 Å². The highest BCUT2D eigenvalue weighted by atomic mass is 16.6. The molecule has 0 fully saturated rings. The summed E-state index contributed by atoms with van der Waals surface area (Å²) in [6.07, 6.45) is -0.602. The molecule has 0 spiro atoms. The Bertz CT molecular complexity index is 184. The zero-order valence-corrected chi connectivity index (χ0v) is 9.70. The lowest BCUT2D eigenvalue weighted by Gasteiger charge is -2.21. The van der Waals surface area contributed by atoms with Crippen molar-refractivity contribution >= 4 is 5.97 Å². The third kappa shape index (κ3) is 8.01. The van der Waals surface area contributed by atoms with Crippen LogP contribution in [0.5, 0.6) is 0 Å². The average molecular weight is 203 g/mol. The van der Waals surface area contributed by atoms with Crippen LogP contribution in [0.15, 0.2) is 0 Å². The van der Waals surface area contributed by atoms with E-state index in [0.717, 1.165) is 0 Å². The number of likely N-dealkylation sites (N-methyl/N-ethyl adjacent to an activating group) is 1. The van der Waals surface area contributed by atoms with Crippen molar-refractivity contribution in [3.63, 3.8) is 0 Å². The zero-order chi connectivity index (χ0) is 11.4. The van der Waals surface area contributed by atoms with Crippen molar-refractivity contribution in [1.82, 2.24) is 4.90 Å². The van der Waals surface area contributed by atoms with Crippen LogP contribution in [-0.2, 0) is 9.53 Å². The Balaban J connectivity index is 3.83. The predicted molar refractivity (Wildman–Crippen MR) is 55.0 cm³/mol. The van der Waals surface area contributed by atoms with Gasteiger partial charge in [-0.3, -0.25) is 4.79 Å². The molecule has 4 nitrogen and oxygen atoms in total. The van der Waals surface area contributed by atoms with Gasteiger partial charge in [0.1, 0.15) is 5.60 Å². The highest BCUT2D eigenvalue weighted by Gasteiger charge is 2.19. The molecular formula is C10H21NO3. The molecule has 84 valence electrons. The molecule has 0 saturated heterocycles. The van der Waals surface area contributed by atoms with Gasteiger partial charge in [0, 0.05) is 6.54 Å². The Morgan fingerprint density at radius 3 is 2.29 bits per heavy atom. The molecule has 14 heavy (non-hydrogen) atoms. The lowest BCUT2D eigenvalue weighted by Crippen LogP contribution is -2.31. The van der Waals surface area contributed by atoms with Crippen LogP contribution in [0.25, 0.3) is 0 Å². The molecule has 0 unspecified atom stereocenters. The largest absolute Gasteiger partial charge is 0.460 e. The molecule has 0 heterocycles. The van der Waals surface area contributed by atoms with Crippen molar-refractivity contribution in [3.05, 3.63) is 0 Å². The summed E-state index contributed by atoms with van der Waals surface area (Å²) in [6.45, 7) is 5.90. The van der Waals surface area contributed by atoms with Crippen molar-refractivity contribution in [2.24, 2.45) is 0 Å². The number of carbonyl (C=O) groups excluding carboxylic acids is 1. The minimum atomic E-state index is -0.653. The van der Waals surface area contributed by atoms with E-state index in [1.165, 1.54) is 0 Å². The van der Waals surface area contributed by atoms with Gasteiger partial charge in [-0.15, -0.1) is 0 Å². The van der Waals surface area contributed by atoms with E-state index in [1.54, 1.807) is 0 Å². The summed E-state index contributed by atoms with van der Waals surface area (Å²) in [4.78, 5) is 13.1. The van der Waals surface area contributed by atoms with E-state index in [9.17, 15) is 9.90 Å². The van der Waals surface area contributed by atoms with Crippen LogP contribution in [0, 0.1) is 0 Å². The maximum absolute atomic E-state index is 11.2. The van der Waals surface area contributed by atoms with E-state index in [4.69, 9.17) is 4.74 Å². The van der Waals surface area contributed by atoms with Crippen LogP contribution in [0.1, 0.15) is 27.2 Å². The monoisotopic (exact) mass is 203 g/mol. The van der Waals surface area contributed by atoms with Crippen LogP contribution < -0.4 is 0 Å². The van der Waals surface area contributed by atoms with E-state index >= 15 is 0 Å². The molecule has 0 aliphatic carbocycles. The fraction of sp³-hybridized carbons (Fsp3) is 0.900. The molecule has 0 aromatic heterocycles. The minimum Gasteiger partial charge on any atom is -0.460 e. The number of esters is 1.